The highest BCUT2D eigenvalue weighted by molar-refractivity contribution is 7.98. The van der Waals surface area contributed by atoms with Crippen LogP contribution in [0.5, 0.6) is 0 Å². The molecule has 1 aliphatic rings. The molecule has 4 rings (SSSR count). The van der Waals surface area contributed by atoms with Crippen molar-refractivity contribution < 1.29 is 4.79 Å². The van der Waals surface area contributed by atoms with Gasteiger partial charge in [0.1, 0.15) is 0 Å². The number of hydrogen-bond acceptors (Lipinski definition) is 5. The third kappa shape index (κ3) is 4.18. The standard InChI is InChI=1S/C22H24N4OS/c1-28-20-9-7-17(8-10-20)21(27)18-5-2-13-25(15-18)16-19-6-3-14-26(19)22-23-11-4-12-24-22/h3-4,6-12,14,18H,2,5,13,15-16H2,1H3. The molecule has 144 valence electrons. The summed E-state index contributed by atoms with van der Waals surface area (Å²) < 4.78 is 2.02. The molecule has 1 aromatic carbocycles. The van der Waals surface area contributed by atoms with Gasteiger partial charge in [-0.3, -0.25) is 14.3 Å². The minimum atomic E-state index is 0.0604. The van der Waals surface area contributed by atoms with Crippen molar-refractivity contribution in [2.75, 3.05) is 19.3 Å². The van der Waals surface area contributed by atoms with Gasteiger partial charge in [-0.1, -0.05) is 12.1 Å². The van der Waals surface area contributed by atoms with Gasteiger partial charge in [-0.2, -0.15) is 0 Å². The predicted octanol–water partition coefficient (Wildman–Crippen LogP) is 4.08. The van der Waals surface area contributed by atoms with Crippen LogP contribution in [-0.4, -0.2) is 44.6 Å². The topological polar surface area (TPSA) is 51.0 Å². The Morgan fingerprint density at radius 1 is 1.14 bits per heavy atom. The van der Waals surface area contributed by atoms with Gasteiger partial charge in [-0.15, -0.1) is 11.8 Å². The molecule has 6 heteroatoms. The number of nitrogens with zero attached hydrogens (tertiary/aromatic N) is 4. The van der Waals surface area contributed by atoms with Crippen LogP contribution < -0.4 is 0 Å². The molecule has 0 saturated carbocycles. The number of rotatable bonds is 6. The van der Waals surface area contributed by atoms with Crippen LogP contribution >= 0.6 is 11.8 Å². The van der Waals surface area contributed by atoms with Gasteiger partial charge in [0.05, 0.1) is 0 Å². The van der Waals surface area contributed by atoms with Gasteiger partial charge in [0.25, 0.3) is 0 Å². The lowest BCUT2D eigenvalue weighted by atomic mass is 9.90. The third-order valence-electron chi connectivity index (χ3n) is 5.24. The number of aromatic nitrogens is 3. The first kappa shape index (κ1) is 18.9. The molecule has 1 atom stereocenters. The highest BCUT2D eigenvalue weighted by atomic mass is 32.2. The van der Waals surface area contributed by atoms with Gasteiger partial charge in [0, 0.05) is 53.8 Å². The van der Waals surface area contributed by atoms with E-state index >= 15 is 0 Å². The van der Waals surface area contributed by atoms with E-state index in [1.807, 2.05) is 53.4 Å². The number of likely N-dealkylation sites (tertiary alicyclic amines) is 1. The number of thioether (sulfide) groups is 1. The zero-order valence-corrected chi connectivity index (χ0v) is 16.8. The fourth-order valence-corrected chi connectivity index (χ4v) is 4.20. The Kier molecular flexibility index (Phi) is 5.88. The van der Waals surface area contributed by atoms with Crippen LogP contribution in [0.25, 0.3) is 5.95 Å². The number of carbonyl (C=O) groups excluding carboxylic acids is 1. The largest absolute Gasteiger partial charge is 0.297 e. The van der Waals surface area contributed by atoms with Gasteiger partial charge in [-0.25, -0.2) is 9.97 Å². The van der Waals surface area contributed by atoms with Crippen molar-refractivity contribution >= 4 is 17.5 Å². The van der Waals surface area contributed by atoms with Crippen molar-refractivity contribution in [2.45, 2.75) is 24.3 Å². The van der Waals surface area contributed by atoms with E-state index in [0.29, 0.717) is 5.95 Å². The Hall–Kier alpha value is -2.44. The molecule has 0 radical (unpaired) electrons. The molecule has 0 spiro atoms. The quantitative estimate of drug-likeness (QED) is 0.467. The monoisotopic (exact) mass is 392 g/mol. The van der Waals surface area contributed by atoms with Crippen molar-refractivity contribution in [2.24, 2.45) is 5.92 Å². The van der Waals surface area contributed by atoms with Gasteiger partial charge in [0.15, 0.2) is 5.78 Å². The summed E-state index contributed by atoms with van der Waals surface area (Å²) in [4.78, 5) is 25.2. The van der Waals surface area contributed by atoms with Crippen LogP contribution in [0.15, 0.2) is 66.0 Å². The molecule has 0 aliphatic carbocycles. The van der Waals surface area contributed by atoms with Gasteiger partial charge in [0.2, 0.25) is 5.95 Å². The Balaban J connectivity index is 1.45. The summed E-state index contributed by atoms with van der Waals surface area (Å²) in [5, 5.41) is 0. The molecule has 3 aromatic rings. The number of hydrogen-bond donors (Lipinski definition) is 0. The van der Waals surface area contributed by atoms with E-state index in [2.05, 4.69) is 20.9 Å². The molecule has 1 aliphatic heterocycles. The summed E-state index contributed by atoms with van der Waals surface area (Å²) in [6, 6.07) is 13.9. The lowest BCUT2D eigenvalue weighted by Gasteiger charge is -2.32. The number of carbonyl (C=O) groups is 1. The third-order valence-corrected chi connectivity index (χ3v) is 5.98. The predicted molar refractivity (Wildman–Crippen MR) is 112 cm³/mol. The zero-order chi connectivity index (χ0) is 19.3. The summed E-state index contributed by atoms with van der Waals surface area (Å²) in [5.41, 5.74) is 1.97. The first-order valence-electron chi connectivity index (χ1n) is 9.59. The Labute approximate surface area is 169 Å². The molecule has 28 heavy (non-hydrogen) atoms. The first-order valence-corrected chi connectivity index (χ1v) is 10.8. The molecule has 3 heterocycles. The molecule has 0 N–H and O–H groups in total. The van der Waals surface area contributed by atoms with Crippen molar-refractivity contribution in [1.29, 1.82) is 0 Å². The van der Waals surface area contributed by atoms with E-state index in [9.17, 15) is 4.79 Å². The molecule has 1 unspecified atom stereocenters. The minimum Gasteiger partial charge on any atom is -0.297 e. The van der Waals surface area contributed by atoms with Crippen molar-refractivity contribution in [3.05, 3.63) is 72.3 Å². The van der Waals surface area contributed by atoms with Crippen molar-refractivity contribution in [1.82, 2.24) is 19.4 Å². The van der Waals surface area contributed by atoms with Crippen molar-refractivity contribution in [3.8, 4) is 5.95 Å². The second-order valence-electron chi connectivity index (χ2n) is 7.09. The van der Waals surface area contributed by atoms with E-state index < -0.39 is 0 Å². The first-order chi connectivity index (χ1) is 13.7. The fourth-order valence-electron chi connectivity index (χ4n) is 3.79. The number of Topliss-reactive ketones (excluding diaryl/α,β-unsaturated/α-hetero) is 1. The lowest BCUT2D eigenvalue weighted by Crippen LogP contribution is -2.38. The Morgan fingerprint density at radius 3 is 2.68 bits per heavy atom. The molecule has 5 nitrogen and oxygen atoms in total. The maximum absolute atomic E-state index is 13.0. The highest BCUT2D eigenvalue weighted by Crippen LogP contribution is 2.24. The average Bonchev–Trinajstić information content (AvgIpc) is 3.22. The van der Waals surface area contributed by atoms with Crippen LogP contribution in [0.1, 0.15) is 28.9 Å². The summed E-state index contributed by atoms with van der Waals surface area (Å²) >= 11 is 1.69. The highest BCUT2D eigenvalue weighted by Gasteiger charge is 2.27. The molecule has 1 saturated heterocycles. The van der Waals surface area contributed by atoms with Crippen LogP contribution in [-0.2, 0) is 6.54 Å². The maximum Gasteiger partial charge on any atom is 0.233 e. The minimum absolute atomic E-state index is 0.0604. The maximum atomic E-state index is 13.0. The van der Waals surface area contributed by atoms with E-state index in [4.69, 9.17) is 0 Å². The molecular formula is C22H24N4OS. The summed E-state index contributed by atoms with van der Waals surface area (Å²) in [7, 11) is 0. The van der Waals surface area contributed by atoms with Crippen LogP contribution in [0.2, 0.25) is 0 Å². The summed E-state index contributed by atoms with van der Waals surface area (Å²) in [5.74, 6) is 1.01. The van der Waals surface area contributed by atoms with E-state index in [0.717, 1.165) is 43.7 Å². The van der Waals surface area contributed by atoms with Crippen molar-refractivity contribution in [3.63, 3.8) is 0 Å². The normalized spacial score (nSPS) is 17.5. The van der Waals surface area contributed by atoms with E-state index in [1.54, 1.807) is 24.2 Å². The van der Waals surface area contributed by atoms with E-state index in [1.165, 1.54) is 4.90 Å². The lowest BCUT2D eigenvalue weighted by molar-refractivity contribution is 0.0809. The van der Waals surface area contributed by atoms with Crippen LogP contribution in [0.4, 0.5) is 0 Å². The molecular weight excluding hydrogens is 368 g/mol. The second kappa shape index (κ2) is 8.71. The number of ketones is 1. The number of piperidine rings is 1. The van der Waals surface area contributed by atoms with Gasteiger partial charge < -0.3 is 0 Å². The molecule has 2 aromatic heterocycles. The van der Waals surface area contributed by atoms with Gasteiger partial charge in [-0.05, 0) is 56.0 Å². The van der Waals surface area contributed by atoms with E-state index in [-0.39, 0.29) is 11.7 Å². The number of benzene rings is 1. The fraction of sp³-hybridized carbons (Fsp3) is 0.318. The molecule has 1 fully saturated rings. The zero-order valence-electron chi connectivity index (χ0n) is 16.0. The Bertz CT molecular complexity index is 923. The van der Waals surface area contributed by atoms with Crippen LogP contribution in [0, 0.1) is 5.92 Å². The molecule has 0 amide bonds. The SMILES string of the molecule is CSc1ccc(C(=O)C2CCCN(Cc3cccn3-c3ncccn3)C2)cc1. The average molecular weight is 393 g/mol. The van der Waals surface area contributed by atoms with Crippen LogP contribution in [0.3, 0.4) is 0 Å². The van der Waals surface area contributed by atoms with Gasteiger partial charge >= 0.3 is 0 Å². The second-order valence-corrected chi connectivity index (χ2v) is 7.96. The smallest absolute Gasteiger partial charge is 0.233 e. The summed E-state index contributed by atoms with van der Waals surface area (Å²) in [6.45, 7) is 2.60. The summed E-state index contributed by atoms with van der Waals surface area (Å²) in [6.07, 6.45) is 9.55. The molecule has 0 bridgehead atoms. The Morgan fingerprint density at radius 2 is 1.93 bits per heavy atom.